The van der Waals surface area contributed by atoms with Crippen molar-refractivity contribution >= 4 is 17.7 Å². The minimum absolute atomic E-state index is 0.169. The van der Waals surface area contributed by atoms with Crippen LogP contribution < -0.4 is 5.32 Å². The molecule has 0 aromatic heterocycles. The summed E-state index contributed by atoms with van der Waals surface area (Å²) in [5.41, 5.74) is -0.631. The molecule has 1 aliphatic rings. The fraction of sp³-hybridized carbons (Fsp3) is 0.286. The van der Waals surface area contributed by atoms with Crippen molar-refractivity contribution in [3.05, 3.63) is 71.8 Å². The summed E-state index contributed by atoms with van der Waals surface area (Å²) in [6.45, 7) is 5.08. The SMILES string of the molecule is CC(C)(C)C(=O)CN1C(=O)NC(c2ccccc2)(c2ccccc2)C1=O. The molecule has 0 atom stereocenters. The summed E-state index contributed by atoms with van der Waals surface area (Å²) in [6, 6.07) is 17.7. The highest BCUT2D eigenvalue weighted by Gasteiger charge is 2.54. The van der Waals surface area contributed by atoms with Crippen molar-refractivity contribution in [1.82, 2.24) is 10.2 Å². The molecule has 0 aliphatic carbocycles. The van der Waals surface area contributed by atoms with E-state index in [4.69, 9.17) is 0 Å². The highest BCUT2D eigenvalue weighted by molar-refractivity contribution is 6.11. The molecule has 2 aromatic carbocycles. The van der Waals surface area contributed by atoms with Crippen LogP contribution >= 0.6 is 0 Å². The molecular formula is C21H22N2O3. The Balaban J connectivity index is 2.08. The summed E-state index contributed by atoms with van der Waals surface area (Å²) in [5, 5.41) is 2.84. The van der Waals surface area contributed by atoms with Crippen LogP contribution in [0.1, 0.15) is 31.9 Å². The molecule has 5 nitrogen and oxygen atoms in total. The number of nitrogens with zero attached hydrogens (tertiary/aromatic N) is 1. The number of benzene rings is 2. The van der Waals surface area contributed by atoms with Crippen LogP contribution in [0.15, 0.2) is 60.7 Å². The van der Waals surface area contributed by atoms with Crippen molar-refractivity contribution in [3.8, 4) is 0 Å². The Labute approximate surface area is 153 Å². The largest absolute Gasteiger partial charge is 0.325 e. The van der Waals surface area contributed by atoms with Gasteiger partial charge in [-0.05, 0) is 11.1 Å². The van der Waals surface area contributed by atoms with E-state index in [1.54, 1.807) is 45.0 Å². The number of Topliss-reactive ketones (excluding diaryl/α,β-unsaturated/α-hetero) is 1. The predicted octanol–water partition coefficient (Wildman–Crippen LogP) is 3.10. The summed E-state index contributed by atoms with van der Waals surface area (Å²) >= 11 is 0. The van der Waals surface area contributed by atoms with Gasteiger partial charge < -0.3 is 5.32 Å². The summed E-state index contributed by atoms with van der Waals surface area (Å²) in [5.74, 6) is -0.601. The van der Waals surface area contributed by atoms with Crippen molar-refractivity contribution in [2.75, 3.05) is 6.54 Å². The molecule has 26 heavy (non-hydrogen) atoms. The van der Waals surface area contributed by atoms with Gasteiger partial charge in [0.1, 0.15) is 0 Å². The standard InChI is InChI=1S/C21H22N2O3/c1-20(2,3)17(24)14-23-18(25)21(22-19(23)26,15-10-6-4-7-11-15)16-12-8-5-9-13-16/h4-13H,14H2,1-3H3,(H,22,26). The molecule has 0 spiro atoms. The van der Waals surface area contributed by atoms with E-state index in [0.717, 1.165) is 4.90 Å². The predicted molar refractivity (Wildman–Crippen MR) is 98.4 cm³/mol. The van der Waals surface area contributed by atoms with Gasteiger partial charge in [0.25, 0.3) is 5.91 Å². The Hall–Kier alpha value is -2.95. The molecule has 0 unspecified atom stereocenters. The fourth-order valence-corrected chi connectivity index (χ4v) is 3.03. The van der Waals surface area contributed by atoms with Gasteiger partial charge in [-0.15, -0.1) is 0 Å². The van der Waals surface area contributed by atoms with Crippen LogP contribution in [0.25, 0.3) is 0 Å². The van der Waals surface area contributed by atoms with E-state index in [1.807, 2.05) is 36.4 Å². The second-order valence-corrected chi connectivity index (χ2v) is 7.48. The van der Waals surface area contributed by atoms with Gasteiger partial charge in [0, 0.05) is 5.41 Å². The van der Waals surface area contributed by atoms with E-state index in [1.165, 1.54) is 0 Å². The van der Waals surface area contributed by atoms with Crippen molar-refractivity contribution in [1.29, 1.82) is 0 Å². The number of amides is 3. The second kappa shape index (κ2) is 6.41. The lowest BCUT2D eigenvalue weighted by Crippen LogP contribution is -2.46. The number of urea groups is 1. The molecule has 3 rings (SSSR count). The van der Waals surface area contributed by atoms with Crippen LogP contribution in [-0.4, -0.2) is 29.2 Å². The van der Waals surface area contributed by atoms with Crippen LogP contribution in [0, 0.1) is 5.41 Å². The van der Waals surface area contributed by atoms with Gasteiger partial charge in [0.15, 0.2) is 11.3 Å². The molecule has 3 amide bonds. The lowest BCUT2D eigenvalue weighted by molar-refractivity contribution is -0.136. The average molecular weight is 350 g/mol. The van der Waals surface area contributed by atoms with Crippen LogP contribution in [0.3, 0.4) is 0 Å². The third-order valence-electron chi connectivity index (χ3n) is 4.66. The minimum atomic E-state index is -1.32. The van der Waals surface area contributed by atoms with E-state index in [0.29, 0.717) is 11.1 Å². The summed E-state index contributed by atoms with van der Waals surface area (Å²) in [6.07, 6.45) is 0. The Morgan fingerprint density at radius 1 is 0.923 bits per heavy atom. The molecule has 1 N–H and O–H groups in total. The number of carbonyl (C=O) groups excluding carboxylic acids is 3. The van der Waals surface area contributed by atoms with Crippen molar-refractivity contribution in [2.45, 2.75) is 26.3 Å². The van der Waals surface area contributed by atoms with Gasteiger partial charge in [-0.1, -0.05) is 81.4 Å². The van der Waals surface area contributed by atoms with Crippen molar-refractivity contribution in [2.24, 2.45) is 5.41 Å². The van der Waals surface area contributed by atoms with Gasteiger partial charge in [-0.3, -0.25) is 14.5 Å². The van der Waals surface area contributed by atoms with Gasteiger partial charge in [0.2, 0.25) is 0 Å². The average Bonchev–Trinajstić information content (AvgIpc) is 2.88. The van der Waals surface area contributed by atoms with Gasteiger partial charge in [-0.25, -0.2) is 4.79 Å². The van der Waals surface area contributed by atoms with E-state index >= 15 is 0 Å². The first-order valence-corrected chi connectivity index (χ1v) is 8.55. The number of ketones is 1. The molecule has 5 heteroatoms. The smallest absolute Gasteiger partial charge is 0.315 e. The van der Waals surface area contributed by atoms with E-state index in [2.05, 4.69) is 5.32 Å². The van der Waals surface area contributed by atoms with Crippen molar-refractivity contribution < 1.29 is 14.4 Å². The highest BCUT2D eigenvalue weighted by Crippen LogP contribution is 2.36. The van der Waals surface area contributed by atoms with Crippen LogP contribution in [0.5, 0.6) is 0 Å². The maximum absolute atomic E-state index is 13.4. The molecule has 0 radical (unpaired) electrons. The first kappa shape index (κ1) is 17.9. The van der Waals surface area contributed by atoms with E-state index < -0.39 is 22.9 Å². The quantitative estimate of drug-likeness (QED) is 0.862. The second-order valence-electron chi connectivity index (χ2n) is 7.48. The molecular weight excluding hydrogens is 328 g/mol. The van der Waals surface area contributed by atoms with Gasteiger partial charge in [-0.2, -0.15) is 0 Å². The normalized spacial score (nSPS) is 16.5. The molecule has 0 saturated carbocycles. The Morgan fingerprint density at radius 3 is 1.81 bits per heavy atom. The first-order chi connectivity index (χ1) is 12.3. The number of nitrogens with one attached hydrogen (secondary N) is 1. The zero-order valence-corrected chi connectivity index (χ0v) is 15.2. The zero-order valence-electron chi connectivity index (χ0n) is 15.2. The lowest BCUT2D eigenvalue weighted by atomic mass is 9.82. The number of imide groups is 1. The minimum Gasteiger partial charge on any atom is -0.315 e. The number of carbonyl (C=O) groups is 3. The molecule has 1 fully saturated rings. The highest BCUT2D eigenvalue weighted by atomic mass is 16.2. The third-order valence-corrected chi connectivity index (χ3v) is 4.66. The zero-order chi connectivity index (χ0) is 18.9. The molecule has 1 aliphatic heterocycles. The number of hydrogen-bond donors (Lipinski definition) is 1. The monoisotopic (exact) mass is 350 g/mol. The molecule has 1 heterocycles. The lowest BCUT2D eigenvalue weighted by Gasteiger charge is -2.28. The first-order valence-electron chi connectivity index (χ1n) is 8.55. The summed E-state index contributed by atoms with van der Waals surface area (Å²) in [4.78, 5) is 39.5. The van der Waals surface area contributed by atoms with Gasteiger partial charge in [0.05, 0.1) is 6.54 Å². The summed E-state index contributed by atoms with van der Waals surface area (Å²) < 4.78 is 0. The molecule has 2 aromatic rings. The Bertz CT molecular complexity index is 799. The number of hydrogen-bond acceptors (Lipinski definition) is 3. The van der Waals surface area contributed by atoms with Gasteiger partial charge >= 0.3 is 6.03 Å². The topological polar surface area (TPSA) is 66.5 Å². The molecule has 134 valence electrons. The fourth-order valence-electron chi connectivity index (χ4n) is 3.03. The van der Waals surface area contributed by atoms with Crippen molar-refractivity contribution in [3.63, 3.8) is 0 Å². The van der Waals surface area contributed by atoms with Crippen LogP contribution in [0.2, 0.25) is 0 Å². The Kier molecular flexibility index (Phi) is 4.40. The van der Waals surface area contributed by atoms with Crippen LogP contribution in [-0.2, 0) is 15.1 Å². The summed E-state index contributed by atoms with van der Waals surface area (Å²) in [7, 11) is 0. The maximum Gasteiger partial charge on any atom is 0.325 e. The molecule has 0 bridgehead atoms. The van der Waals surface area contributed by atoms with E-state index in [-0.39, 0.29) is 12.3 Å². The third kappa shape index (κ3) is 2.90. The Morgan fingerprint density at radius 2 is 1.38 bits per heavy atom. The molecule has 1 saturated heterocycles. The maximum atomic E-state index is 13.4. The number of rotatable bonds is 4. The van der Waals surface area contributed by atoms with Crippen LogP contribution in [0.4, 0.5) is 4.79 Å². The van der Waals surface area contributed by atoms with E-state index in [9.17, 15) is 14.4 Å².